The average Bonchev–Trinajstić information content (AvgIpc) is 3.16. The lowest BCUT2D eigenvalue weighted by Gasteiger charge is -2.33. The second-order valence-electron chi connectivity index (χ2n) is 9.83. The predicted molar refractivity (Wildman–Crippen MR) is 126 cm³/mol. The molecule has 1 saturated carbocycles. The topological polar surface area (TPSA) is 104 Å². The van der Waals surface area contributed by atoms with Gasteiger partial charge in [0.2, 0.25) is 0 Å². The zero-order chi connectivity index (χ0) is 28.8. The van der Waals surface area contributed by atoms with Gasteiger partial charge < -0.3 is 10.2 Å². The largest absolute Gasteiger partial charge is 0.423 e. The third kappa shape index (κ3) is 5.49. The van der Waals surface area contributed by atoms with E-state index in [-0.39, 0.29) is 36.0 Å². The zero-order valence-corrected chi connectivity index (χ0v) is 20.5. The van der Waals surface area contributed by atoms with Crippen molar-refractivity contribution >= 4 is 11.6 Å². The van der Waals surface area contributed by atoms with Gasteiger partial charge in [-0.05, 0) is 42.9 Å². The molecule has 2 aromatic heterocycles. The van der Waals surface area contributed by atoms with Gasteiger partial charge in [0.1, 0.15) is 11.4 Å². The Bertz CT molecular complexity index is 1490. The molecule has 3 heterocycles. The average molecular weight is 570 g/mol. The molecule has 3 aromatic rings. The van der Waals surface area contributed by atoms with E-state index in [2.05, 4.69) is 20.4 Å². The van der Waals surface area contributed by atoms with Crippen LogP contribution in [0.3, 0.4) is 0 Å². The molecule has 8 nitrogen and oxygen atoms in total. The monoisotopic (exact) mass is 570 g/mol. The molecule has 15 heteroatoms. The Kier molecular flexibility index (Phi) is 7.00. The smallest absolute Gasteiger partial charge is 0.380 e. The van der Waals surface area contributed by atoms with Crippen LogP contribution >= 0.6 is 0 Å². The van der Waals surface area contributed by atoms with Crippen LogP contribution < -0.4 is 10.9 Å². The van der Waals surface area contributed by atoms with Crippen LogP contribution in [-0.2, 0) is 18.9 Å². The summed E-state index contributed by atoms with van der Waals surface area (Å²) in [5, 5.41) is 8.05. The Morgan fingerprint density at radius 2 is 1.70 bits per heavy atom. The van der Waals surface area contributed by atoms with Crippen LogP contribution in [-0.4, -0.2) is 43.6 Å². The van der Waals surface area contributed by atoms with Gasteiger partial charge in [0.05, 0.1) is 23.0 Å². The van der Waals surface area contributed by atoms with Gasteiger partial charge in [-0.25, -0.2) is 19.5 Å². The molecule has 5 rings (SSSR count). The van der Waals surface area contributed by atoms with E-state index in [4.69, 9.17) is 0 Å². The van der Waals surface area contributed by atoms with Gasteiger partial charge in [-0.15, -0.1) is 0 Å². The van der Waals surface area contributed by atoms with E-state index >= 15 is 0 Å². The minimum Gasteiger partial charge on any atom is -0.380 e. The summed E-state index contributed by atoms with van der Waals surface area (Å²) >= 11 is 0. The van der Waals surface area contributed by atoms with Crippen LogP contribution in [0, 0.1) is 11.7 Å². The third-order valence-corrected chi connectivity index (χ3v) is 7.05. The first-order valence-corrected chi connectivity index (χ1v) is 12.2. The molecule has 40 heavy (non-hydrogen) atoms. The first-order valence-electron chi connectivity index (χ1n) is 12.2. The number of fused-ring (bicyclic) bond motifs is 1. The number of halogens is 7. The van der Waals surface area contributed by atoms with Gasteiger partial charge in [-0.2, -0.15) is 31.4 Å². The Balaban J connectivity index is 1.28. The first kappa shape index (κ1) is 27.5. The fraction of sp³-hybridized carbons (Fsp3) is 0.400. The quantitative estimate of drug-likeness (QED) is 0.417. The lowest BCUT2D eigenvalue weighted by molar-refractivity contribution is -0.139. The Labute approximate surface area is 221 Å². The molecular weight excluding hydrogens is 549 g/mol. The number of H-pyrrole nitrogens is 1. The molecule has 0 spiro atoms. The number of anilines is 1. The van der Waals surface area contributed by atoms with Gasteiger partial charge >= 0.3 is 12.4 Å². The lowest BCUT2D eigenvalue weighted by Crippen LogP contribution is -2.36. The van der Waals surface area contributed by atoms with Crippen molar-refractivity contribution in [2.75, 3.05) is 11.9 Å². The standard InChI is InChI=1S/C25H21F7N6O2/c26-18-6-16-13(5-17(18)21-33-7-14(8-34-21)24(27,28)29)11-38(23(16)40)10-12-2-1-3-15(4-12)36-19-9-35-37-22(39)20(19)25(30,31)32/h5-9,12,15H,1-4,10-11H2,(H2,36,37,39)/t12-,15+/m1/s1. The molecule has 2 atom stereocenters. The highest BCUT2D eigenvalue weighted by Crippen LogP contribution is 2.36. The van der Waals surface area contributed by atoms with Gasteiger partial charge in [0.15, 0.2) is 5.82 Å². The molecule has 2 N–H and O–H groups in total. The number of nitrogens with one attached hydrogen (secondary N) is 2. The number of nitrogens with zero attached hydrogens (tertiary/aromatic N) is 4. The summed E-state index contributed by atoms with van der Waals surface area (Å²) in [4.78, 5) is 33.5. The van der Waals surface area contributed by atoms with Crippen LogP contribution in [0.25, 0.3) is 11.4 Å². The summed E-state index contributed by atoms with van der Waals surface area (Å²) in [6.07, 6.45) is -5.15. The second-order valence-corrected chi connectivity index (χ2v) is 9.83. The van der Waals surface area contributed by atoms with Crippen molar-refractivity contribution in [3.05, 3.63) is 69.1 Å². The zero-order valence-electron chi connectivity index (χ0n) is 20.5. The number of carbonyl (C=O) groups is 1. The fourth-order valence-electron chi connectivity index (χ4n) is 5.24. The number of aromatic amines is 1. The number of aromatic nitrogens is 4. The summed E-state index contributed by atoms with van der Waals surface area (Å²) in [6.45, 7) is 0.381. The maximum Gasteiger partial charge on any atom is 0.423 e. The van der Waals surface area contributed by atoms with Gasteiger partial charge in [-0.1, -0.05) is 6.42 Å². The van der Waals surface area contributed by atoms with Crippen LogP contribution in [0.2, 0.25) is 0 Å². The first-order chi connectivity index (χ1) is 18.8. The number of carbonyl (C=O) groups excluding carboxylic acids is 1. The van der Waals surface area contributed by atoms with E-state index in [1.54, 1.807) is 5.10 Å². The Morgan fingerprint density at radius 3 is 2.38 bits per heavy atom. The molecule has 0 bridgehead atoms. The van der Waals surface area contributed by atoms with Crippen LogP contribution in [0.5, 0.6) is 0 Å². The molecule has 1 amide bonds. The number of hydrogen-bond donors (Lipinski definition) is 2. The molecule has 1 aliphatic carbocycles. The second kappa shape index (κ2) is 10.2. The molecule has 1 fully saturated rings. The highest BCUT2D eigenvalue weighted by Gasteiger charge is 2.39. The van der Waals surface area contributed by atoms with E-state index < -0.39 is 52.5 Å². The normalized spacial score (nSPS) is 19.6. The predicted octanol–water partition coefficient (Wildman–Crippen LogP) is 5.03. The molecule has 212 valence electrons. The van der Waals surface area contributed by atoms with Crippen LogP contribution in [0.15, 0.2) is 35.5 Å². The molecule has 0 radical (unpaired) electrons. The van der Waals surface area contributed by atoms with Crippen molar-refractivity contribution < 1.29 is 35.5 Å². The fourth-order valence-corrected chi connectivity index (χ4v) is 5.24. The van der Waals surface area contributed by atoms with Gasteiger partial charge in [-0.3, -0.25) is 9.59 Å². The number of hydrogen-bond acceptors (Lipinski definition) is 6. The molecule has 1 aromatic carbocycles. The summed E-state index contributed by atoms with van der Waals surface area (Å²) < 4.78 is 93.5. The van der Waals surface area contributed by atoms with E-state index in [0.717, 1.165) is 12.3 Å². The SMILES string of the molecule is O=C1c2cc(F)c(-c3ncc(C(F)(F)F)cn3)cc2CN1C[C@@H]1CCC[C@H](Nc2cn[nH]c(=O)c2C(F)(F)F)C1. The van der Waals surface area contributed by atoms with E-state index in [1.165, 1.54) is 11.0 Å². The summed E-state index contributed by atoms with van der Waals surface area (Å²) in [5.41, 5.74) is -3.77. The van der Waals surface area contributed by atoms with Crippen molar-refractivity contribution in [3.63, 3.8) is 0 Å². The Hall–Kier alpha value is -4.04. The van der Waals surface area contributed by atoms with Crippen molar-refractivity contribution in [3.8, 4) is 11.4 Å². The maximum absolute atomic E-state index is 14.8. The number of alkyl halides is 6. The van der Waals surface area contributed by atoms with Crippen molar-refractivity contribution in [1.82, 2.24) is 25.1 Å². The summed E-state index contributed by atoms with van der Waals surface area (Å²) in [6, 6.07) is 1.96. The summed E-state index contributed by atoms with van der Waals surface area (Å²) in [7, 11) is 0. The molecule has 0 unspecified atom stereocenters. The molecule has 2 aliphatic rings. The van der Waals surface area contributed by atoms with Crippen molar-refractivity contribution in [2.45, 2.75) is 50.6 Å². The van der Waals surface area contributed by atoms with Crippen LogP contribution in [0.1, 0.15) is 52.7 Å². The van der Waals surface area contributed by atoms with Gasteiger partial charge in [0.25, 0.3) is 11.5 Å². The number of benzene rings is 1. The number of amides is 1. The molecule has 1 aliphatic heterocycles. The summed E-state index contributed by atoms with van der Waals surface area (Å²) in [5.74, 6) is -1.63. The minimum atomic E-state index is -4.87. The van der Waals surface area contributed by atoms with E-state index in [0.29, 0.717) is 43.6 Å². The van der Waals surface area contributed by atoms with E-state index in [1.807, 2.05) is 0 Å². The molecular formula is C25H21F7N6O2. The maximum atomic E-state index is 14.8. The van der Waals surface area contributed by atoms with Crippen LogP contribution in [0.4, 0.5) is 36.4 Å². The van der Waals surface area contributed by atoms with Crippen molar-refractivity contribution in [2.24, 2.45) is 5.92 Å². The third-order valence-electron chi connectivity index (χ3n) is 7.05. The highest BCUT2D eigenvalue weighted by molar-refractivity contribution is 5.99. The molecule has 0 saturated heterocycles. The minimum absolute atomic E-state index is 0.0867. The lowest BCUT2D eigenvalue weighted by atomic mass is 9.85. The Morgan fingerprint density at radius 1 is 0.975 bits per heavy atom. The van der Waals surface area contributed by atoms with E-state index in [9.17, 15) is 40.3 Å². The number of rotatable bonds is 5. The van der Waals surface area contributed by atoms with Gasteiger partial charge in [0, 0.05) is 37.1 Å². The van der Waals surface area contributed by atoms with Crippen molar-refractivity contribution in [1.29, 1.82) is 0 Å². The highest BCUT2D eigenvalue weighted by atomic mass is 19.4.